The molecule has 190 valence electrons. The number of carboxylic acid groups (broad SMARTS) is 1. The number of carbonyl (C=O) groups is 3. The number of carbonyl (C=O) groups excluding carboxylic acids is 2. The van der Waals surface area contributed by atoms with Gasteiger partial charge in [0.2, 0.25) is 5.91 Å². The van der Waals surface area contributed by atoms with Crippen LogP contribution in [0, 0.1) is 28.6 Å². The van der Waals surface area contributed by atoms with Gasteiger partial charge in [-0.2, -0.15) is 0 Å². The summed E-state index contributed by atoms with van der Waals surface area (Å²) in [5.41, 5.74) is 2.07. The molecule has 6 atom stereocenters. The van der Waals surface area contributed by atoms with Crippen molar-refractivity contribution in [3.05, 3.63) is 40.4 Å². The Morgan fingerprint density at radius 1 is 1.03 bits per heavy atom. The summed E-state index contributed by atoms with van der Waals surface area (Å²) in [6, 6.07) is 6.43. The first kappa shape index (κ1) is 23.8. The lowest BCUT2D eigenvalue weighted by Crippen LogP contribution is -2.52. The van der Waals surface area contributed by atoms with Crippen molar-refractivity contribution >= 4 is 39.8 Å². The summed E-state index contributed by atoms with van der Waals surface area (Å²) in [5, 5.41) is 9.92. The molecule has 1 aromatic carbocycles. The molecule has 2 aromatic rings. The fourth-order valence-corrected chi connectivity index (χ4v) is 9.96. The molecule has 6 rings (SSSR count). The van der Waals surface area contributed by atoms with Crippen LogP contribution in [0.5, 0.6) is 0 Å². The Bertz CT molecular complexity index is 1250. The maximum Gasteiger partial charge on any atom is 0.335 e. The molecule has 7 heteroatoms. The Balaban J connectivity index is 1.32. The summed E-state index contributed by atoms with van der Waals surface area (Å²) < 4.78 is 0. The number of benzene rings is 1. The molecule has 1 unspecified atom stereocenters. The van der Waals surface area contributed by atoms with Gasteiger partial charge in [0, 0.05) is 29.6 Å². The van der Waals surface area contributed by atoms with Gasteiger partial charge in [0.05, 0.1) is 16.9 Å². The van der Waals surface area contributed by atoms with Crippen LogP contribution in [0.4, 0.5) is 10.8 Å². The van der Waals surface area contributed by atoms with Crippen LogP contribution in [-0.2, 0) is 16.0 Å². The van der Waals surface area contributed by atoms with E-state index < -0.39 is 5.97 Å². The van der Waals surface area contributed by atoms with Gasteiger partial charge in [0.1, 0.15) is 5.78 Å². The third-order valence-electron chi connectivity index (χ3n) is 10.4. The van der Waals surface area contributed by atoms with Crippen molar-refractivity contribution in [3.8, 4) is 0 Å². The number of hydrogen-bond donors (Lipinski definition) is 1. The van der Waals surface area contributed by atoms with Crippen molar-refractivity contribution in [2.45, 2.75) is 78.1 Å². The van der Waals surface area contributed by atoms with Gasteiger partial charge in [-0.3, -0.25) is 14.5 Å². The van der Waals surface area contributed by atoms with E-state index in [0.29, 0.717) is 40.3 Å². The van der Waals surface area contributed by atoms with Gasteiger partial charge in [-0.05, 0) is 92.4 Å². The van der Waals surface area contributed by atoms with Gasteiger partial charge in [-0.1, -0.05) is 13.8 Å². The number of hydrogen-bond acceptors (Lipinski definition) is 5. The topological polar surface area (TPSA) is 87.6 Å². The quantitative estimate of drug-likeness (QED) is 0.523. The van der Waals surface area contributed by atoms with Gasteiger partial charge in [-0.25, -0.2) is 9.78 Å². The number of nitrogens with zero attached hydrogens (tertiary/aromatic N) is 2. The predicted molar refractivity (Wildman–Crippen MR) is 139 cm³/mol. The smallest absolute Gasteiger partial charge is 0.335 e. The van der Waals surface area contributed by atoms with Crippen LogP contribution in [0.15, 0.2) is 24.3 Å². The molecule has 0 bridgehead atoms. The molecule has 4 aliphatic carbocycles. The first-order valence-electron chi connectivity index (χ1n) is 13.3. The number of aryl methyl sites for hydroxylation is 1. The van der Waals surface area contributed by atoms with Gasteiger partial charge in [0.25, 0.3) is 0 Å². The van der Waals surface area contributed by atoms with Crippen LogP contribution in [0.25, 0.3) is 0 Å². The van der Waals surface area contributed by atoms with Crippen LogP contribution in [0.1, 0.15) is 92.6 Å². The fraction of sp³-hybridized carbons (Fsp3) is 0.586. The van der Waals surface area contributed by atoms with E-state index in [4.69, 9.17) is 4.98 Å². The highest BCUT2D eigenvalue weighted by Crippen LogP contribution is 2.67. The number of anilines is 2. The Kier molecular flexibility index (Phi) is 5.45. The number of thiazole rings is 1. The summed E-state index contributed by atoms with van der Waals surface area (Å²) >= 11 is 1.64. The van der Waals surface area contributed by atoms with E-state index in [1.54, 1.807) is 28.4 Å². The van der Waals surface area contributed by atoms with Crippen LogP contribution in [-0.4, -0.2) is 27.8 Å². The van der Waals surface area contributed by atoms with E-state index in [1.165, 1.54) is 30.4 Å². The summed E-state index contributed by atoms with van der Waals surface area (Å²) in [6.45, 7) is 6.26. The summed E-state index contributed by atoms with van der Waals surface area (Å²) in [7, 11) is 0. The van der Waals surface area contributed by atoms with Crippen molar-refractivity contribution in [3.63, 3.8) is 0 Å². The largest absolute Gasteiger partial charge is 0.478 e. The lowest BCUT2D eigenvalue weighted by atomic mass is 9.46. The van der Waals surface area contributed by atoms with E-state index in [9.17, 15) is 19.5 Å². The SMILES string of the molecule is CC(=O)N(c1ccc(C(=O)O)cc1)c1nc2c(s1)C1CC[C@@H]3[C@H](CC[C@]4(C)C(=O)CC[C@@H]34)[C@@]1(C)CC2. The highest BCUT2D eigenvalue weighted by Gasteiger charge is 2.60. The highest BCUT2D eigenvalue weighted by molar-refractivity contribution is 7.16. The van der Waals surface area contributed by atoms with Crippen LogP contribution in [0.2, 0.25) is 0 Å². The van der Waals surface area contributed by atoms with Crippen LogP contribution < -0.4 is 4.90 Å². The molecule has 1 heterocycles. The first-order chi connectivity index (χ1) is 17.1. The minimum absolute atomic E-state index is 0.0972. The fourth-order valence-electron chi connectivity index (χ4n) is 8.48. The molecule has 1 N–H and O–H groups in total. The molecule has 4 aliphatic rings. The maximum atomic E-state index is 12.8. The Morgan fingerprint density at radius 2 is 1.78 bits per heavy atom. The van der Waals surface area contributed by atoms with Crippen LogP contribution >= 0.6 is 11.3 Å². The van der Waals surface area contributed by atoms with Crippen molar-refractivity contribution in [1.29, 1.82) is 0 Å². The Labute approximate surface area is 216 Å². The van der Waals surface area contributed by atoms with E-state index >= 15 is 0 Å². The standard InChI is InChI=1S/C29H34N2O4S/c1-16(32)31(18-6-4-17(5-7-18)26(34)35)27-30-23-13-15-28(2)21-12-14-29(3)20(10-11-24(29)33)19(21)8-9-22(28)25(23)36-27/h4-7,19-22H,8-15H2,1-3H3,(H,34,35)/t19-,20-,21-,22?,28+,29-/m0/s1. The maximum absolute atomic E-state index is 12.8. The lowest BCUT2D eigenvalue weighted by Gasteiger charge is -2.59. The summed E-state index contributed by atoms with van der Waals surface area (Å²) in [4.78, 5) is 44.7. The number of amides is 1. The zero-order valence-corrected chi connectivity index (χ0v) is 22.1. The van der Waals surface area contributed by atoms with Gasteiger partial charge >= 0.3 is 5.97 Å². The van der Waals surface area contributed by atoms with E-state index in [1.807, 2.05) is 0 Å². The minimum Gasteiger partial charge on any atom is -0.478 e. The number of carboxylic acids is 1. The average Bonchev–Trinajstić information content (AvgIpc) is 3.39. The second kappa shape index (κ2) is 8.23. The molecule has 3 fully saturated rings. The molecule has 3 saturated carbocycles. The van der Waals surface area contributed by atoms with Crippen molar-refractivity contribution < 1.29 is 19.5 Å². The molecule has 0 radical (unpaired) electrons. The molecule has 0 spiro atoms. The second-order valence-corrected chi connectivity index (χ2v) is 13.0. The van der Waals surface area contributed by atoms with Gasteiger partial charge in [-0.15, -0.1) is 11.3 Å². The van der Waals surface area contributed by atoms with Crippen molar-refractivity contribution in [2.24, 2.45) is 28.6 Å². The molecule has 1 aromatic heterocycles. The number of Topliss-reactive ketones (excluding diaryl/α,β-unsaturated/α-hetero) is 1. The van der Waals surface area contributed by atoms with E-state index in [-0.39, 0.29) is 22.3 Å². The number of ketones is 1. The molecule has 36 heavy (non-hydrogen) atoms. The predicted octanol–water partition coefficient (Wildman–Crippen LogP) is 6.37. The average molecular weight is 507 g/mol. The summed E-state index contributed by atoms with van der Waals surface area (Å²) in [6.07, 6.45) is 8.35. The molecule has 0 aliphatic heterocycles. The third-order valence-corrected chi connectivity index (χ3v) is 11.6. The lowest BCUT2D eigenvalue weighted by molar-refractivity contribution is -0.134. The number of aromatic nitrogens is 1. The molecular formula is C29H34N2O4S. The third kappa shape index (κ3) is 3.34. The minimum atomic E-state index is -0.986. The number of fused-ring (bicyclic) bond motifs is 7. The number of aromatic carboxylic acids is 1. The zero-order chi connectivity index (χ0) is 25.4. The van der Waals surface area contributed by atoms with Gasteiger partial charge in [0.15, 0.2) is 5.13 Å². The molecule has 6 nitrogen and oxygen atoms in total. The monoisotopic (exact) mass is 506 g/mol. The normalized spacial score (nSPS) is 34.8. The van der Waals surface area contributed by atoms with Crippen LogP contribution in [0.3, 0.4) is 0 Å². The van der Waals surface area contributed by atoms with Gasteiger partial charge < -0.3 is 5.11 Å². The number of rotatable bonds is 3. The molecule has 0 saturated heterocycles. The Morgan fingerprint density at radius 3 is 2.47 bits per heavy atom. The highest BCUT2D eigenvalue weighted by atomic mass is 32.1. The Hall–Kier alpha value is -2.54. The summed E-state index contributed by atoms with van der Waals surface area (Å²) in [5.74, 6) is 1.66. The van der Waals surface area contributed by atoms with Crippen molar-refractivity contribution in [2.75, 3.05) is 4.90 Å². The van der Waals surface area contributed by atoms with E-state index in [2.05, 4.69) is 13.8 Å². The molecule has 1 amide bonds. The second-order valence-electron chi connectivity index (χ2n) is 11.9. The zero-order valence-electron chi connectivity index (χ0n) is 21.3. The molecular weight excluding hydrogens is 472 g/mol. The van der Waals surface area contributed by atoms with E-state index in [0.717, 1.165) is 50.6 Å². The van der Waals surface area contributed by atoms with Crippen molar-refractivity contribution in [1.82, 2.24) is 4.98 Å². The first-order valence-corrected chi connectivity index (χ1v) is 14.1.